The number of carbonyl (C=O) groups is 1. The van der Waals surface area contributed by atoms with E-state index >= 15 is 0 Å². The second-order valence-electron chi connectivity index (χ2n) is 4.43. The van der Waals surface area contributed by atoms with Crippen molar-refractivity contribution >= 4 is 5.91 Å². The minimum absolute atomic E-state index is 0.131. The molecular weight excluding hydrogens is 246 g/mol. The molecule has 0 bridgehead atoms. The summed E-state index contributed by atoms with van der Waals surface area (Å²) in [6.07, 6.45) is 3.06. The first-order chi connectivity index (χ1) is 9.25. The first-order valence-corrected chi connectivity index (χ1v) is 6.17. The highest BCUT2D eigenvalue weighted by Gasteiger charge is 2.29. The van der Waals surface area contributed by atoms with Gasteiger partial charge in [0.15, 0.2) is 0 Å². The topological polar surface area (TPSA) is 85.0 Å². The molecular formula is C12H13N5O2. The van der Waals surface area contributed by atoms with E-state index in [4.69, 9.17) is 4.52 Å². The highest BCUT2D eigenvalue weighted by Crippen LogP contribution is 2.25. The Morgan fingerprint density at radius 2 is 2.37 bits per heavy atom. The standard InChI is InChI=1S/C12H13N5O2/c1-8(17-7-3-5-10(17)18)12-14-11(16-19-12)9-4-2-6-13-15-9/h2,4,6,8H,3,5,7H2,1H3/t8-/m1/s1. The molecule has 19 heavy (non-hydrogen) atoms. The van der Waals surface area contributed by atoms with Crippen molar-refractivity contribution in [2.75, 3.05) is 6.54 Å². The van der Waals surface area contributed by atoms with Crippen LogP contribution >= 0.6 is 0 Å². The van der Waals surface area contributed by atoms with Gasteiger partial charge in [0.1, 0.15) is 11.7 Å². The molecule has 0 aliphatic carbocycles. The van der Waals surface area contributed by atoms with E-state index in [1.165, 1.54) is 0 Å². The number of aromatic nitrogens is 4. The monoisotopic (exact) mass is 259 g/mol. The van der Waals surface area contributed by atoms with Gasteiger partial charge < -0.3 is 9.42 Å². The van der Waals surface area contributed by atoms with Gasteiger partial charge in [-0.05, 0) is 25.5 Å². The van der Waals surface area contributed by atoms with Gasteiger partial charge in [-0.2, -0.15) is 10.1 Å². The molecule has 98 valence electrons. The number of rotatable bonds is 3. The number of carbonyl (C=O) groups excluding carboxylic acids is 1. The molecule has 3 heterocycles. The van der Waals surface area contributed by atoms with Gasteiger partial charge in [0.2, 0.25) is 17.6 Å². The van der Waals surface area contributed by atoms with Crippen molar-refractivity contribution in [3.05, 3.63) is 24.2 Å². The molecule has 1 amide bonds. The molecule has 0 spiro atoms. The normalized spacial score (nSPS) is 16.9. The molecule has 3 rings (SSSR count). The van der Waals surface area contributed by atoms with Crippen LogP contribution in [0.1, 0.15) is 31.7 Å². The summed E-state index contributed by atoms with van der Waals surface area (Å²) in [5, 5.41) is 11.6. The number of hydrogen-bond acceptors (Lipinski definition) is 6. The zero-order valence-electron chi connectivity index (χ0n) is 10.5. The van der Waals surface area contributed by atoms with Crippen LogP contribution in [0.4, 0.5) is 0 Å². The van der Waals surface area contributed by atoms with Crippen LogP contribution in [0.25, 0.3) is 11.5 Å². The van der Waals surface area contributed by atoms with Crippen LogP contribution in [0, 0.1) is 0 Å². The van der Waals surface area contributed by atoms with Crippen LogP contribution in [0.15, 0.2) is 22.9 Å². The molecule has 1 aliphatic rings. The van der Waals surface area contributed by atoms with Gasteiger partial charge in [-0.25, -0.2) is 0 Å². The molecule has 0 unspecified atom stereocenters. The Labute approximate surface area is 109 Å². The molecule has 7 heteroatoms. The molecule has 1 atom stereocenters. The molecule has 2 aromatic rings. The Kier molecular flexibility index (Phi) is 2.94. The largest absolute Gasteiger partial charge is 0.337 e. The Morgan fingerprint density at radius 1 is 1.47 bits per heavy atom. The van der Waals surface area contributed by atoms with E-state index in [0.717, 1.165) is 13.0 Å². The number of hydrogen-bond donors (Lipinski definition) is 0. The Bertz CT molecular complexity index is 583. The summed E-state index contributed by atoms with van der Waals surface area (Å²) in [5.74, 6) is 0.948. The summed E-state index contributed by atoms with van der Waals surface area (Å²) < 4.78 is 5.22. The minimum atomic E-state index is -0.201. The summed E-state index contributed by atoms with van der Waals surface area (Å²) in [5.41, 5.74) is 0.553. The Morgan fingerprint density at radius 3 is 3.05 bits per heavy atom. The zero-order valence-corrected chi connectivity index (χ0v) is 10.5. The number of amides is 1. The molecule has 0 N–H and O–H groups in total. The lowest BCUT2D eigenvalue weighted by Gasteiger charge is -2.20. The number of likely N-dealkylation sites (tertiary alicyclic amines) is 1. The van der Waals surface area contributed by atoms with E-state index in [1.54, 1.807) is 23.2 Å². The maximum atomic E-state index is 11.7. The van der Waals surface area contributed by atoms with Gasteiger partial charge in [0.05, 0.1) is 0 Å². The van der Waals surface area contributed by atoms with E-state index in [2.05, 4.69) is 20.3 Å². The fourth-order valence-corrected chi connectivity index (χ4v) is 2.14. The predicted octanol–water partition coefficient (Wildman–Crippen LogP) is 1.21. The van der Waals surface area contributed by atoms with E-state index in [-0.39, 0.29) is 11.9 Å². The molecule has 7 nitrogen and oxygen atoms in total. The summed E-state index contributed by atoms with van der Waals surface area (Å²) in [4.78, 5) is 17.7. The van der Waals surface area contributed by atoms with E-state index in [1.807, 2.05) is 6.92 Å². The Hall–Kier alpha value is -2.31. The van der Waals surface area contributed by atoms with Crippen molar-refractivity contribution < 1.29 is 9.32 Å². The molecule has 1 fully saturated rings. The SMILES string of the molecule is C[C@H](c1nc(-c2cccnn2)no1)N1CCCC1=O. The van der Waals surface area contributed by atoms with E-state index in [0.29, 0.717) is 23.8 Å². The van der Waals surface area contributed by atoms with Crippen molar-refractivity contribution in [2.24, 2.45) is 0 Å². The van der Waals surface area contributed by atoms with E-state index in [9.17, 15) is 4.79 Å². The number of nitrogens with zero attached hydrogens (tertiary/aromatic N) is 5. The second kappa shape index (κ2) is 4.75. The van der Waals surface area contributed by atoms with Crippen molar-refractivity contribution in [1.29, 1.82) is 0 Å². The molecule has 0 aromatic carbocycles. The van der Waals surface area contributed by atoms with Gasteiger partial charge >= 0.3 is 0 Å². The third kappa shape index (κ3) is 2.18. The fourth-order valence-electron chi connectivity index (χ4n) is 2.14. The lowest BCUT2D eigenvalue weighted by molar-refractivity contribution is -0.129. The summed E-state index contributed by atoms with van der Waals surface area (Å²) in [6.45, 7) is 2.63. The minimum Gasteiger partial charge on any atom is -0.337 e. The van der Waals surface area contributed by atoms with Crippen LogP contribution in [-0.4, -0.2) is 37.7 Å². The maximum Gasteiger partial charge on any atom is 0.249 e. The van der Waals surface area contributed by atoms with Crippen molar-refractivity contribution in [3.8, 4) is 11.5 Å². The van der Waals surface area contributed by atoms with Crippen molar-refractivity contribution in [1.82, 2.24) is 25.2 Å². The first kappa shape index (κ1) is 11.8. The summed E-state index contributed by atoms with van der Waals surface area (Å²) >= 11 is 0. The third-order valence-corrected chi connectivity index (χ3v) is 3.18. The smallest absolute Gasteiger partial charge is 0.249 e. The molecule has 1 aliphatic heterocycles. The third-order valence-electron chi connectivity index (χ3n) is 3.18. The first-order valence-electron chi connectivity index (χ1n) is 6.17. The van der Waals surface area contributed by atoms with Gasteiger partial charge in [0, 0.05) is 19.2 Å². The molecule has 0 radical (unpaired) electrons. The van der Waals surface area contributed by atoms with Gasteiger partial charge in [-0.3, -0.25) is 4.79 Å². The van der Waals surface area contributed by atoms with Crippen LogP contribution in [0.3, 0.4) is 0 Å². The maximum absolute atomic E-state index is 11.7. The van der Waals surface area contributed by atoms with Crippen molar-refractivity contribution in [2.45, 2.75) is 25.8 Å². The fraction of sp³-hybridized carbons (Fsp3) is 0.417. The quantitative estimate of drug-likeness (QED) is 0.823. The van der Waals surface area contributed by atoms with E-state index < -0.39 is 0 Å². The van der Waals surface area contributed by atoms with Crippen molar-refractivity contribution in [3.63, 3.8) is 0 Å². The van der Waals surface area contributed by atoms with Crippen LogP contribution < -0.4 is 0 Å². The zero-order chi connectivity index (χ0) is 13.2. The predicted molar refractivity (Wildman–Crippen MR) is 64.7 cm³/mol. The van der Waals surface area contributed by atoms with Crippen LogP contribution in [0.5, 0.6) is 0 Å². The average Bonchev–Trinajstić information content (AvgIpc) is 3.08. The lowest BCUT2D eigenvalue weighted by atomic mass is 10.3. The second-order valence-corrected chi connectivity index (χ2v) is 4.43. The van der Waals surface area contributed by atoms with Gasteiger partial charge in [-0.1, -0.05) is 5.16 Å². The Balaban J connectivity index is 1.83. The highest BCUT2D eigenvalue weighted by atomic mass is 16.5. The lowest BCUT2D eigenvalue weighted by Crippen LogP contribution is -2.28. The van der Waals surface area contributed by atoms with Crippen LogP contribution in [0.2, 0.25) is 0 Å². The van der Waals surface area contributed by atoms with Crippen LogP contribution in [-0.2, 0) is 4.79 Å². The van der Waals surface area contributed by atoms with Gasteiger partial charge in [-0.15, -0.1) is 5.10 Å². The summed E-state index contributed by atoms with van der Waals surface area (Å²) in [6, 6.07) is 3.31. The molecule has 1 saturated heterocycles. The molecule has 0 saturated carbocycles. The average molecular weight is 259 g/mol. The van der Waals surface area contributed by atoms with Gasteiger partial charge in [0.25, 0.3) is 0 Å². The highest BCUT2D eigenvalue weighted by molar-refractivity contribution is 5.78. The summed E-state index contributed by atoms with van der Waals surface area (Å²) in [7, 11) is 0. The molecule has 2 aromatic heterocycles.